The van der Waals surface area contributed by atoms with Gasteiger partial charge in [-0.05, 0) is 42.2 Å². The molecule has 0 N–H and O–H groups in total. The van der Waals surface area contributed by atoms with Crippen LogP contribution in [0.4, 0.5) is 0 Å². The minimum atomic E-state index is 1.01. The minimum absolute atomic E-state index is 1.01. The molecule has 0 aliphatic rings. The predicted molar refractivity (Wildman–Crippen MR) is 68.2 cm³/mol. The SMILES string of the molecule is CN(C)CCn1c(Br)cc2ccccc21. The molecule has 0 aliphatic heterocycles. The molecule has 0 radical (unpaired) electrons. The van der Waals surface area contributed by atoms with Crippen LogP contribution in [0.3, 0.4) is 0 Å². The number of halogens is 1. The van der Waals surface area contributed by atoms with E-state index in [1.807, 2.05) is 0 Å². The number of benzene rings is 1. The van der Waals surface area contributed by atoms with Crippen molar-refractivity contribution in [1.29, 1.82) is 0 Å². The normalized spacial score (nSPS) is 11.5. The van der Waals surface area contributed by atoms with Crippen molar-refractivity contribution in [2.45, 2.75) is 6.54 Å². The molecule has 0 unspecified atom stereocenters. The third kappa shape index (κ3) is 2.24. The van der Waals surface area contributed by atoms with E-state index in [1.54, 1.807) is 0 Å². The van der Waals surface area contributed by atoms with Gasteiger partial charge in [0.2, 0.25) is 0 Å². The Morgan fingerprint density at radius 3 is 2.73 bits per heavy atom. The zero-order valence-electron chi connectivity index (χ0n) is 9.07. The average Bonchev–Trinajstić information content (AvgIpc) is 2.50. The van der Waals surface area contributed by atoms with Gasteiger partial charge in [0.15, 0.2) is 0 Å². The fraction of sp³-hybridized carbons (Fsp3) is 0.333. The lowest BCUT2D eigenvalue weighted by molar-refractivity contribution is 0.385. The highest BCUT2D eigenvalue weighted by Gasteiger charge is 2.05. The molecule has 1 aromatic heterocycles. The molecule has 0 saturated heterocycles. The Hall–Kier alpha value is -0.800. The van der Waals surface area contributed by atoms with Crippen LogP contribution in [0.2, 0.25) is 0 Å². The fourth-order valence-corrected chi connectivity index (χ4v) is 2.32. The van der Waals surface area contributed by atoms with Gasteiger partial charge in [-0.1, -0.05) is 18.2 Å². The summed E-state index contributed by atoms with van der Waals surface area (Å²) in [6.07, 6.45) is 0. The minimum Gasteiger partial charge on any atom is -0.334 e. The Labute approximate surface area is 98.6 Å². The first-order valence-corrected chi connectivity index (χ1v) is 5.86. The van der Waals surface area contributed by atoms with Crippen LogP contribution in [0.1, 0.15) is 0 Å². The summed E-state index contributed by atoms with van der Waals surface area (Å²) in [6.45, 7) is 2.07. The van der Waals surface area contributed by atoms with Crippen molar-refractivity contribution in [3.05, 3.63) is 34.9 Å². The molecule has 3 heteroatoms. The largest absolute Gasteiger partial charge is 0.334 e. The molecule has 2 aromatic rings. The van der Waals surface area contributed by atoms with E-state index in [0.29, 0.717) is 0 Å². The first-order valence-electron chi connectivity index (χ1n) is 5.07. The van der Waals surface area contributed by atoms with Crippen LogP contribution in [0.25, 0.3) is 10.9 Å². The second-order valence-electron chi connectivity index (χ2n) is 3.98. The maximum Gasteiger partial charge on any atom is 0.0857 e. The van der Waals surface area contributed by atoms with Crippen LogP contribution < -0.4 is 0 Å². The number of aromatic nitrogens is 1. The van der Waals surface area contributed by atoms with Gasteiger partial charge in [-0.15, -0.1) is 0 Å². The summed E-state index contributed by atoms with van der Waals surface area (Å²) in [5.74, 6) is 0. The molecule has 0 aliphatic carbocycles. The molecule has 80 valence electrons. The maximum atomic E-state index is 3.60. The lowest BCUT2D eigenvalue weighted by Crippen LogP contribution is -2.18. The summed E-state index contributed by atoms with van der Waals surface area (Å²) in [5.41, 5.74) is 1.30. The number of hydrogen-bond acceptors (Lipinski definition) is 1. The van der Waals surface area contributed by atoms with Gasteiger partial charge in [-0.25, -0.2) is 0 Å². The molecule has 1 aromatic carbocycles. The van der Waals surface area contributed by atoms with Crippen molar-refractivity contribution in [3.8, 4) is 0 Å². The highest BCUT2D eigenvalue weighted by molar-refractivity contribution is 9.10. The standard InChI is InChI=1S/C12H15BrN2/c1-14(2)7-8-15-11-6-4-3-5-10(11)9-12(15)13/h3-6,9H,7-8H2,1-2H3. The lowest BCUT2D eigenvalue weighted by Gasteiger charge is -2.12. The zero-order valence-corrected chi connectivity index (χ0v) is 10.7. The lowest BCUT2D eigenvalue weighted by atomic mass is 10.2. The summed E-state index contributed by atoms with van der Waals surface area (Å²) in [6, 6.07) is 10.6. The van der Waals surface area contributed by atoms with Crippen LogP contribution in [-0.2, 0) is 6.54 Å². The first kappa shape index (κ1) is 10.7. The first-order chi connectivity index (χ1) is 7.18. The third-order valence-electron chi connectivity index (χ3n) is 2.53. The molecular formula is C12H15BrN2. The van der Waals surface area contributed by atoms with Gasteiger partial charge >= 0.3 is 0 Å². The summed E-state index contributed by atoms with van der Waals surface area (Å²) >= 11 is 3.60. The molecule has 0 spiro atoms. The number of nitrogens with zero attached hydrogens (tertiary/aromatic N) is 2. The van der Waals surface area contributed by atoms with E-state index in [4.69, 9.17) is 0 Å². The molecule has 1 heterocycles. The number of hydrogen-bond donors (Lipinski definition) is 0. The van der Waals surface area contributed by atoms with E-state index in [9.17, 15) is 0 Å². The highest BCUT2D eigenvalue weighted by Crippen LogP contribution is 2.23. The Balaban J connectivity index is 2.36. The number of likely N-dealkylation sites (N-methyl/N-ethyl adjacent to an activating group) is 1. The van der Waals surface area contributed by atoms with Gasteiger partial charge in [0.1, 0.15) is 0 Å². The van der Waals surface area contributed by atoms with Crippen LogP contribution in [0.5, 0.6) is 0 Å². The van der Waals surface area contributed by atoms with E-state index in [2.05, 4.69) is 69.8 Å². The van der Waals surface area contributed by atoms with Crippen molar-refractivity contribution in [2.24, 2.45) is 0 Å². The van der Waals surface area contributed by atoms with Crippen molar-refractivity contribution in [1.82, 2.24) is 9.47 Å². The molecule has 0 amide bonds. The predicted octanol–water partition coefficient (Wildman–Crippen LogP) is 2.97. The summed E-state index contributed by atoms with van der Waals surface area (Å²) < 4.78 is 3.46. The average molecular weight is 267 g/mol. The van der Waals surface area contributed by atoms with Gasteiger partial charge in [0, 0.05) is 24.0 Å². The second-order valence-corrected chi connectivity index (χ2v) is 4.79. The summed E-state index contributed by atoms with van der Waals surface area (Å²) in [4.78, 5) is 2.20. The smallest absolute Gasteiger partial charge is 0.0857 e. The number of para-hydroxylation sites is 1. The Morgan fingerprint density at radius 2 is 2.00 bits per heavy atom. The van der Waals surface area contributed by atoms with Crippen molar-refractivity contribution >= 4 is 26.8 Å². The van der Waals surface area contributed by atoms with Crippen LogP contribution >= 0.6 is 15.9 Å². The van der Waals surface area contributed by atoms with E-state index < -0.39 is 0 Å². The van der Waals surface area contributed by atoms with Crippen LogP contribution in [0, 0.1) is 0 Å². The number of fused-ring (bicyclic) bond motifs is 1. The maximum absolute atomic E-state index is 3.60. The van der Waals surface area contributed by atoms with Gasteiger partial charge in [0.25, 0.3) is 0 Å². The van der Waals surface area contributed by atoms with E-state index >= 15 is 0 Å². The second kappa shape index (κ2) is 4.37. The number of rotatable bonds is 3. The fourth-order valence-electron chi connectivity index (χ4n) is 1.70. The van der Waals surface area contributed by atoms with Gasteiger partial charge in [-0.2, -0.15) is 0 Å². The summed E-state index contributed by atoms with van der Waals surface area (Å²) in [5, 5.41) is 1.29. The Bertz CT molecular complexity index is 460. The zero-order chi connectivity index (χ0) is 10.8. The van der Waals surface area contributed by atoms with Gasteiger partial charge < -0.3 is 9.47 Å². The molecule has 0 saturated carbocycles. The molecule has 0 bridgehead atoms. The summed E-state index contributed by atoms with van der Waals surface area (Å²) in [7, 11) is 4.19. The molecule has 2 rings (SSSR count). The quantitative estimate of drug-likeness (QED) is 0.830. The van der Waals surface area contributed by atoms with Gasteiger partial charge in [-0.3, -0.25) is 0 Å². The third-order valence-corrected chi connectivity index (χ3v) is 3.19. The van der Waals surface area contributed by atoms with E-state index in [0.717, 1.165) is 17.7 Å². The van der Waals surface area contributed by atoms with Gasteiger partial charge in [0.05, 0.1) is 4.60 Å². The molecule has 15 heavy (non-hydrogen) atoms. The molecule has 0 atom stereocenters. The molecule has 0 fully saturated rings. The molecule has 2 nitrogen and oxygen atoms in total. The molecular weight excluding hydrogens is 252 g/mol. The topological polar surface area (TPSA) is 8.17 Å². The Morgan fingerprint density at radius 1 is 1.27 bits per heavy atom. The van der Waals surface area contributed by atoms with Crippen molar-refractivity contribution < 1.29 is 0 Å². The van der Waals surface area contributed by atoms with Crippen molar-refractivity contribution in [2.75, 3.05) is 20.6 Å². The van der Waals surface area contributed by atoms with Crippen LogP contribution in [0.15, 0.2) is 34.9 Å². The van der Waals surface area contributed by atoms with Crippen LogP contribution in [-0.4, -0.2) is 30.1 Å². The van der Waals surface area contributed by atoms with E-state index in [-0.39, 0.29) is 0 Å². The Kier molecular flexibility index (Phi) is 3.12. The van der Waals surface area contributed by atoms with E-state index in [1.165, 1.54) is 10.9 Å². The van der Waals surface area contributed by atoms with Crippen molar-refractivity contribution in [3.63, 3.8) is 0 Å². The highest BCUT2D eigenvalue weighted by atomic mass is 79.9. The monoisotopic (exact) mass is 266 g/mol.